The lowest BCUT2D eigenvalue weighted by Gasteiger charge is -2.40. The van der Waals surface area contributed by atoms with Gasteiger partial charge in [0.2, 0.25) is 10.0 Å². The molecule has 3 heterocycles. The minimum atomic E-state index is -3.44. The monoisotopic (exact) mass is 363 g/mol. The molecule has 138 valence electrons. The van der Waals surface area contributed by atoms with Gasteiger partial charge in [0.1, 0.15) is 10.7 Å². The summed E-state index contributed by atoms with van der Waals surface area (Å²) in [5, 5.41) is 0. The van der Waals surface area contributed by atoms with Crippen LogP contribution in [0.3, 0.4) is 0 Å². The van der Waals surface area contributed by atoms with Gasteiger partial charge in [0, 0.05) is 32.4 Å². The summed E-state index contributed by atoms with van der Waals surface area (Å²) in [6, 6.07) is 3.49. The lowest BCUT2D eigenvalue weighted by Crippen LogP contribution is -2.41. The Labute approximate surface area is 151 Å². The SMILES string of the molecule is O=S(=O)(c1cccnc1N1CCC2(CCCC2)CC1)N1CCCCC1. The van der Waals surface area contributed by atoms with Crippen LogP contribution in [-0.4, -0.2) is 43.9 Å². The molecule has 1 aromatic heterocycles. The molecule has 0 aromatic carbocycles. The zero-order valence-electron chi connectivity index (χ0n) is 15.0. The molecule has 25 heavy (non-hydrogen) atoms. The molecular weight excluding hydrogens is 334 g/mol. The van der Waals surface area contributed by atoms with Gasteiger partial charge in [-0.3, -0.25) is 0 Å². The van der Waals surface area contributed by atoms with Gasteiger partial charge in [-0.2, -0.15) is 4.31 Å². The summed E-state index contributed by atoms with van der Waals surface area (Å²) in [4.78, 5) is 7.11. The van der Waals surface area contributed by atoms with E-state index >= 15 is 0 Å². The second kappa shape index (κ2) is 6.88. The van der Waals surface area contributed by atoms with Gasteiger partial charge in [-0.05, 0) is 56.1 Å². The summed E-state index contributed by atoms with van der Waals surface area (Å²) in [6.07, 6.45) is 12.5. The number of nitrogens with zero attached hydrogens (tertiary/aromatic N) is 3. The molecule has 2 saturated heterocycles. The van der Waals surface area contributed by atoms with E-state index in [9.17, 15) is 8.42 Å². The number of aromatic nitrogens is 1. The van der Waals surface area contributed by atoms with Gasteiger partial charge in [0.25, 0.3) is 0 Å². The van der Waals surface area contributed by atoms with Crippen molar-refractivity contribution in [3.05, 3.63) is 18.3 Å². The van der Waals surface area contributed by atoms with E-state index < -0.39 is 10.0 Å². The van der Waals surface area contributed by atoms with Gasteiger partial charge in [-0.1, -0.05) is 19.3 Å². The van der Waals surface area contributed by atoms with Crippen molar-refractivity contribution in [1.29, 1.82) is 0 Å². The lowest BCUT2D eigenvalue weighted by molar-refractivity contribution is 0.225. The van der Waals surface area contributed by atoms with Crippen molar-refractivity contribution < 1.29 is 8.42 Å². The first kappa shape index (κ1) is 17.3. The molecule has 0 amide bonds. The Hall–Kier alpha value is -1.14. The highest BCUT2D eigenvalue weighted by atomic mass is 32.2. The van der Waals surface area contributed by atoms with Crippen LogP contribution in [0, 0.1) is 5.41 Å². The van der Waals surface area contributed by atoms with Gasteiger partial charge in [0.15, 0.2) is 0 Å². The van der Waals surface area contributed by atoms with Crippen molar-refractivity contribution in [2.45, 2.75) is 62.7 Å². The molecule has 3 fully saturated rings. The summed E-state index contributed by atoms with van der Waals surface area (Å²) in [5.74, 6) is 0.668. The molecule has 5 nitrogen and oxygen atoms in total. The van der Waals surface area contributed by atoms with Crippen molar-refractivity contribution in [3.8, 4) is 0 Å². The molecule has 3 aliphatic rings. The molecule has 4 rings (SSSR count). The molecular formula is C19H29N3O2S. The molecule has 0 unspecified atom stereocenters. The Morgan fingerprint density at radius 2 is 1.56 bits per heavy atom. The number of sulfonamides is 1. The number of pyridine rings is 1. The third-order valence-electron chi connectivity index (χ3n) is 6.47. The third kappa shape index (κ3) is 3.31. The van der Waals surface area contributed by atoms with Crippen LogP contribution in [0.15, 0.2) is 23.2 Å². The molecule has 1 aliphatic carbocycles. The number of anilines is 1. The molecule has 1 aromatic rings. The van der Waals surface area contributed by atoms with E-state index in [1.807, 2.05) is 0 Å². The zero-order chi connectivity index (χ0) is 17.3. The van der Waals surface area contributed by atoms with Crippen molar-refractivity contribution >= 4 is 15.8 Å². The summed E-state index contributed by atoms with van der Waals surface area (Å²) in [5.41, 5.74) is 0.525. The first-order valence-electron chi connectivity index (χ1n) is 9.81. The molecule has 0 atom stereocenters. The summed E-state index contributed by atoms with van der Waals surface area (Å²) in [7, 11) is -3.44. The van der Waals surface area contributed by atoms with Gasteiger partial charge >= 0.3 is 0 Å². The maximum absolute atomic E-state index is 13.2. The Morgan fingerprint density at radius 1 is 0.880 bits per heavy atom. The van der Waals surface area contributed by atoms with E-state index in [1.165, 1.54) is 38.5 Å². The maximum atomic E-state index is 13.2. The minimum absolute atomic E-state index is 0.402. The van der Waals surface area contributed by atoms with Gasteiger partial charge in [-0.15, -0.1) is 0 Å². The van der Waals surface area contributed by atoms with E-state index in [4.69, 9.17) is 0 Å². The second-order valence-corrected chi connectivity index (χ2v) is 9.89. The van der Waals surface area contributed by atoms with Crippen LogP contribution >= 0.6 is 0 Å². The third-order valence-corrected chi connectivity index (χ3v) is 8.39. The van der Waals surface area contributed by atoms with Crippen molar-refractivity contribution in [2.24, 2.45) is 5.41 Å². The largest absolute Gasteiger partial charge is 0.355 e. The highest BCUT2D eigenvalue weighted by Crippen LogP contribution is 2.47. The topological polar surface area (TPSA) is 53.5 Å². The predicted octanol–water partition coefficient (Wildman–Crippen LogP) is 3.42. The van der Waals surface area contributed by atoms with Crippen LogP contribution in [-0.2, 0) is 10.0 Å². The Morgan fingerprint density at radius 3 is 2.24 bits per heavy atom. The molecule has 0 N–H and O–H groups in total. The van der Waals surface area contributed by atoms with Crippen LogP contribution in [0.4, 0.5) is 5.82 Å². The highest BCUT2D eigenvalue weighted by molar-refractivity contribution is 7.89. The van der Waals surface area contributed by atoms with E-state index in [0.717, 1.165) is 32.4 Å². The first-order valence-corrected chi connectivity index (χ1v) is 11.2. The number of piperidine rings is 2. The minimum Gasteiger partial charge on any atom is -0.355 e. The van der Waals surface area contributed by atoms with Gasteiger partial charge in [-0.25, -0.2) is 13.4 Å². The van der Waals surface area contributed by atoms with E-state index in [0.29, 0.717) is 29.2 Å². The first-order chi connectivity index (χ1) is 12.1. The molecule has 0 bridgehead atoms. The summed E-state index contributed by atoms with van der Waals surface area (Å²) < 4.78 is 28.0. The quantitative estimate of drug-likeness (QED) is 0.826. The number of hydrogen-bond donors (Lipinski definition) is 0. The van der Waals surface area contributed by atoms with Crippen molar-refractivity contribution in [1.82, 2.24) is 9.29 Å². The van der Waals surface area contributed by atoms with Gasteiger partial charge < -0.3 is 4.90 Å². The van der Waals surface area contributed by atoms with E-state index in [2.05, 4.69) is 9.88 Å². The van der Waals surface area contributed by atoms with E-state index in [-0.39, 0.29) is 0 Å². The van der Waals surface area contributed by atoms with Gasteiger partial charge in [0.05, 0.1) is 0 Å². The summed E-state index contributed by atoms with van der Waals surface area (Å²) >= 11 is 0. The van der Waals surface area contributed by atoms with Crippen LogP contribution < -0.4 is 4.90 Å². The standard InChI is InChI=1S/C19H29N3O2S/c23-25(24,22-13-4-1-5-14-22)17-7-6-12-20-18(17)21-15-10-19(11-16-21)8-2-3-9-19/h6-7,12H,1-5,8-11,13-16H2. The fraction of sp³-hybridized carbons (Fsp3) is 0.737. The molecule has 0 radical (unpaired) electrons. The van der Waals surface area contributed by atoms with E-state index in [1.54, 1.807) is 22.6 Å². The fourth-order valence-electron chi connectivity index (χ4n) is 4.88. The fourth-order valence-corrected chi connectivity index (χ4v) is 6.56. The lowest BCUT2D eigenvalue weighted by atomic mass is 9.77. The predicted molar refractivity (Wildman–Crippen MR) is 99.2 cm³/mol. The van der Waals surface area contributed by atoms with Crippen molar-refractivity contribution in [2.75, 3.05) is 31.1 Å². The number of hydrogen-bond acceptors (Lipinski definition) is 4. The van der Waals surface area contributed by atoms with Crippen LogP contribution in [0.2, 0.25) is 0 Å². The molecule has 6 heteroatoms. The smallest absolute Gasteiger partial charge is 0.246 e. The summed E-state index contributed by atoms with van der Waals surface area (Å²) in [6.45, 7) is 3.14. The molecule has 1 spiro atoms. The Bertz CT molecular complexity index is 697. The van der Waals surface area contributed by atoms with Crippen LogP contribution in [0.5, 0.6) is 0 Å². The molecule has 1 saturated carbocycles. The second-order valence-electron chi connectivity index (χ2n) is 7.98. The average Bonchev–Trinajstić information content (AvgIpc) is 3.11. The Kier molecular flexibility index (Phi) is 4.75. The van der Waals surface area contributed by atoms with Crippen LogP contribution in [0.25, 0.3) is 0 Å². The zero-order valence-corrected chi connectivity index (χ0v) is 15.8. The average molecular weight is 364 g/mol. The van der Waals surface area contributed by atoms with Crippen molar-refractivity contribution in [3.63, 3.8) is 0 Å². The van der Waals surface area contributed by atoms with Crippen LogP contribution in [0.1, 0.15) is 57.8 Å². The maximum Gasteiger partial charge on any atom is 0.246 e. The molecule has 2 aliphatic heterocycles. The normalized spacial score (nSPS) is 24.7. The highest BCUT2D eigenvalue weighted by Gasteiger charge is 2.38. The Balaban J connectivity index is 1.57. The number of rotatable bonds is 3.